The lowest BCUT2D eigenvalue weighted by Gasteiger charge is -2.06. The van der Waals surface area contributed by atoms with E-state index in [1.165, 1.54) is 0 Å². The van der Waals surface area contributed by atoms with Crippen LogP contribution in [0.15, 0.2) is 40.9 Å². The van der Waals surface area contributed by atoms with E-state index in [1.807, 2.05) is 0 Å². The zero-order valence-electron chi connectivity index (χ0n) is 7.95. The van der Waals surface area contributed by atoms with E-state index >= 15 is 0 Å². The second-order valence-electron chi connectivity index (χ2n) is 2.98. The van der Waals surface area contributed by atoms with Gasteiger partial charge >= 0.3 is 0 Å². The van der Waals surface area contributed by atoms with Gasteiger partial charge in [-0.25, -0.2) is 4.98 Å². The van der Waals surface area contributed by atoms with E-state index in [2.05, 4.69) is 20.9 Å². The van der Waals surface area contributed by atoms with Gasteiger partial charge in [0.15, 0.2) is 0 Å². The van der Waals surface area contributed by atoms with Crippen LogP contribution >= 0.6 is 39.1 Å². The lowest BCUT2D eigenvalue weighted by atomic mass is 10.3. The van der Waals surface area contributed by atoms with E-state index in [1.54, 1.807) is 36.4 Å². The van der Waals surface area contributed by atoms with Crippen LogP contribution in [-0.2, 0) is 0 Å². The number of nitrogens with zero attached hydrogens (tertiary/aromatic N) is 1. The summed E-state index contributed by atoms with van der Waals surface area (Å²) in [6.07, 6.45) is 0. The van der Waals surface area contributed by atoms with E-state index in [4.69, 9.17) is 27.9 Å². The summed E-state index contributed by atoms with van der Waals surface area (Å²) < 4.78 is 6.31. The van der Waals surface area contributed by atoms with Gasteiger partial charge in [0.2, 0.25) is 5.88 Å². The molecule has 1 heterocycles. The molecule has 0 bridgehead atoms. The molecule has 1 aromatic carbocycles. The van der Waals surface area contributed by atoms with Crippen LogP contribution in [0.2, 0.25) is 10.2 Å². The number of rotatable bonds is 2. The van der Waals surface area contributed by atoms with Gasteiger partial charge in [0.25, 0.3) is 0 Å². The van der Waals surface area contributed by atoms with Crippen LogP contribution in [0.3, 0.4) is 0 Å². The van der Waals surface area contributed by atoms with Crippen LogP contribution in [0.1, 0.15) is 0 Å². The highest BCUT2D eigenvalue weighted by Gasteiger charge is 2.04. The average molecular weight is 319 g/mol. The van der Waals surface area contributed by atoms with Gasteiger partial charge in [-0.3, -0.25) is 0 Å². The zero-order valence-corrected chi connectivity index (χ0v) is 11.1. The van der Waals surface area contributed by atoms with E-state index < -0.39 is 0 Å². The van der Waals surface area contributed by atoms with Crippen molar-refractivity contribution in [2.75, 3.05) is 0 Å². The first-order valence-corrected chi connectivity index (χ1v) is 5.95. The molecule has 0 aliphatic rings. The Morgan fingerprint density at radius 3 is 2.62 bits per heavy atom. The predicted molar refractivity (Wildman–Crippen MR) is 68.5 cm³/mol. The summed E-state index contributed by atoms with van der Waals surface area (Å²) in [6, 6.07) is 10.4. The fourth-order valence-corrected chi connectivity index (χ4v) is 2.04. The van der Waals surface area contributed by atoms with Crippen molar-refractivity contribution in [3.8, 4) is 11.6 Å². The summed E-state index contributed by atoms with van der Waals surface area (Å²) in [7, 11) is 0. The fourth-order valence-electron chi connectivity index (χ4n) is 1.12. The maximum absolute atomic E-state index is 5.82. The van der Waals surface area contributed by atoms with Gasteiger partial charge in [0.1, 0.15) is 10.9 Å². The molecule has 0 saturated carbocycles. The number of benzene rings is 1. The predicted octanol–water partition coefficient (Wildman–Crippen LogP) is 4.94. The van der Waals surface area contributed by atoms with Crippen molar-refractivity contribution in [2.45, 2.75) is 0 Å². The molecule has 5 heteroatoms. The van der Waals surface area contributed by atoms with Crippen molar-refractivity contribution < 1.29 is 4.74 Å². The molecule has 82 valence electrons. The molecule has 0 saturated heterocycles. The van der Waals surface area contributed by atoms with Crippen molar-refractivity contribution >= 4 is 39.1 Å². The Kier molecular flexibility index (Phi) is 3.69. The van der Waals surface area contributed by atoms with Gasteiger partial charge < -0.3 is 4.74 Å². The first kappa shape index (κ1) is 11.7. The second kappa shape index (κ2) is 5.04. The molecule has 2 nitrogen and oxygen atoms in total. The standard InChI is InChI=1S/C11H6BrCl2NO/c12-8-6-7(13)4-5-9(8)16-11-3-1-2-10(14)15-11/h1-6H. The van der Waals surface area contributed by atoms with Crippen LogP contribution in [0.5, 0.6) is 11.6 Å². The van der Waals surface area contributed by atoms with Crippen molar-refractivity contribution in [1.29, 1.82) is 0 Å². The highest BCUT2D eigenvalue weighted by atomic mass is 79.9. The van der Waals surface area contributed by atoms with Gasteiger partial charge in [0.05, 0.1) is 4.47 Å². The molecule has 0 unspecified atom stereocenters. The minimum Gasteiger partial charge on any atom is -0.438 e. The maximum atomic E-state index is 5.82. The van der Waals surface area contributed by atoms with Crippen LogP contribution < -0.4 is 4.74 Å². The normalized spacial score (nSPS) is 10.2. The number of hydrogen-bond acceptors (Lipinski definition) is 2. The third-order valence-electron chi connectivity index (χ3n) is 1.80. The summed E-state index contributed by atoms with van der Waals surface area (Å²) in [5.74, 6) is 1.08. The highest BCUT2D eigenvalue weighted by Crippen LogP contribution is 2.31. The zero-order chi connectivity index (χ0) is 11.5. The number of ether oxygens (including phenoxy) is 1. The molecule has 0 radical (unpaired) electrons. The largest absolute Gasteiger partial charge is 0.438 e. The van der Waals surface area contributed by atoms with Gasteiger partial charge in [0, 0.05) is 11.1 Å². The number of hydrogen-bond donors (Lipinski definition) is 0. The summed E-state index contributed by atoms with van der Waals surface area (Å²) in [5.41, 5.74) is 0. The van der Waals surface area contributed by atoms with E-state index in [9.17, 15) is 0 Å². The molecule has 0 aliphatic heterocycles. The summed E-state index contributed by atoms with van der Waals surface area (Å²) in [5, 5.41) is 1.03. The van der Waals surface area contributed by atoms with E-state index in [-0.39, 0.29) is 0 Å². The Labute approximate surface area is 111 Å². The minimum absolute atomic E-state index is 0.391. The van der Waals surface area contributed by atoms with E-state index in [0.717, 1.165) is 4.47 Å². The molecule has 16 heavy (non-hydrogen) atoms. The Morgan fingerprint density at radius 1 is 1.12 bits per heavy atom. The first-order valence-electron chi connectivity index (χ1n) is 4.40. The number of aromatic nitrogens is 1. The average Bonchev–Trinajstić information content (AvgIpc) is 2.22. The lowest BCUT2D eigenvalue weighted by Crippen LogP contribution is -1.88. The van der Waals surface area contributed by atoms with Crippen molar-refractivity contribution in [3.63, 3.8) is 0 Å². The molecule has 0 spiro atoms. The van der Waals surface area contributed by atoms with Crippen molar-refractivity contribution in [3.05, 3.63) is 51.0 Å². The van der Waals surface area contributed by atoms with E-state index in [0.29, 0.717) is 21.8 Å². The fraction of sp³-hybridized carbons (Fsp3) is 0. The smallest absolute Gasteiger partial charge is 0.220 e. The Morgan fingerprint density at radius 2 is 1.94 bits per heavy atom. The van der Waals surface area contributed by atoms with Gasteiger partial charge in [-0.1, -0.05) is 29.3 Å². The van der Waals surface area contributed by atoms with Gasteiger partial charge in [-0.2, -0.15) is 0 Å². The maximum Gasteiger partial charge on any atom is 0.220 e. The Hall–Kier alpha value is -0.770. The molecule has 0 aliphatic carbocycles. The lowest BCUT2D eigenvalue weighted by molar-refractivity contribution is 0.460. The molecule has 0 N–H and O–H groups in total. The topological polar surface area (TPSA) is 22.1 Å². The molecule has 0 fully saturated rings. The molecular weight excluding hydrogens is 313 g/mol. The molecule has 2 aromatic rings. The SMILES string of the molecule is Clc1ccc(Oc2cccc(Cl)n2)c(Br)c1. The third kappa shape index (κ3) is 2.88. The molecule has 0 amide bonds. The second-order valence-corrected chi connectivity index (χ2v) is 4.65. The third-order valence-corrected chi connectivity index (χ3v) is 2.86. The minimum atomic E-state index is 0.391. The molecular formula is C11H6BrCl2NO. The van der Waals surface area contributed by atoms with Crippen molar-refractivity contribution in [2.24, 2.45) is 0 Å². The van der Waals surface area contributed by atoms with Crippen LogP contribution in [0.4, 0.5) is 0 Å². The quantitative estimate of drug-likeness (QED) is 0.731. The highest BCUT2D eigenvalue weighted by molar-refractivity contribution is 9.10. The molecule has 0 atom stereocenters. The number of halogens is 3. The first-order chi connectivity index (χ1) is 7.65. The molecule has 1 aromatic heterocycles. The van der Waals surface area contributed by atoms with Gasteiger partial charge in [-0.05, 0) is 40.2 Å². The Bertz CT molecular complexity index is 519. The van der Waals surface area contributed by atoms with Crippen LogP contribution in [-0.4, -0.2) is 4.98 Å². The molecule has 2 rings (SSSR count). The summed E-state index contributed by atoms with van der Waals surface area (Å²) in [6.45, 7) is 0. The van der Waals surface area contributed by atoms with Crippen LogP contribution in [0, 0.1) is 0 Å². The number of pyridine rings is 1. The summed E-state index contributed by atoms with van der Waals surface area (Å²) in [4.78, 5) is 4.02. The summed E-state index contributed by atoms with van der Waals surface area (Å²) >= 11 is 14.9. The van der Waals surface area contributed by atoms with Crippen LogP contribution in [0.25, 0.3) is 0 Å². The monoisotopic (exact) mass is 317 g/mol. The Balaban J connectivity index is 2.27. The van der Waals surface area contributed by atoms with Gasteiger partial charge in [-0.15, -0.1) is 0 Å². The van der Waals surface area contributed by atoms with Crippen molar-refractivity contribution in [1.82, 2.24) is 4.98 Å².